The molecule has 1 aromatic carbocycles. The first kappa shape index (κ1) is 9.09. The minimum absolute atomic E-state index is 0.216. The third-order valence-electron chi connectivity index (χ3n) is 1.37. The molecule has 66 valence electrons. The molecule has 0 aliphatic rings. The van der Waals surface area contributed by atoms with Crippen LogP contribution in [-0.2, 0) is 11.4 Å². The molecule has 0 bridgehead atoms. The van der Waals surface area contributed by atoms with E-state index in [-0.39, 0.29) is 6.61 Å². The highest BCUT2D eigenvalue weighted by Gasteiger charge is 2.01. The number of nitrogens with one attached hydrogen (secondary N) is 1. The van der Waals surface area contributed by atoms with E-state index in [1.165, 1.54) is 6.07 Å². The van der Waals surface area contributed by atoms with Crippen molar-refractivity contribution in [2.45, 2.75) is 6.61 Å². The summed E-state index contributed by atoms with van der Waals surface area (Å²) in [4.78, 5) is 4.78. The molecule has 1 rings (SSSR count). The predicted molar refractivity (Wildman–Crippen MR) is 40.2 cm³/mol. The first-order chi connectivity index (χ1) is 5.74. The van der Waals surface area contributed by atoms with Crippen molar-refractivity contribution < 1.29 is 13.6 Å². The summed E-state index contributed by atoms with van der Waals surface area (Å²) >= 11 is 0. The highest BCUT2D eigenvalue weighted by Crippen LogP contribution is 2.08. The summed E-state index contributed by atoms with van der Waals surface area (Å²) in [5.74, 6) is -1.70. The molecule has 0 aliphatic heterocycles. The number of hydroxylamine groups is 1. The van der Waals surface area contributed by atoms with E-state index < -0.39 is 11.6 Å². The van der Waals surface area contributed by atoms with Gasteiger partial charge in [0.25, 0.3) is 0 Å². The van der Waals surface area contributed by atoms with Crippen molar-refractivity contribution in [3.05, 3.63) is 35.4 Å². The maximum atomic E-state index is 12.6. The summed E-state index contributed by atoms with van der Waals surface area (Å²) in [6.07, 6.45) is 0. The van der Waals surface area contributed by atoms with Gasteiger partial charge in [0.2, 0.25) is 0 Å². The smallest absolute Gasteiger partial charge is 0.159 e. The van der Waals surface area contributed by atoms with Crippen LogP contribution in [0.1, 0.15) is 5.56 Å². The van der Waals surface area contributed by atoms with Crippen molar-refractivity contribution in [1.29, 1.82) is 0 Å². The van der Waals surface area contributed by atoms with Crippen molar-refractivity contribution >= 4 is 0 Å². The Morgan fingerprint density at radius 2 is 2.08 bits per heavy atom. The molecule has 1 N–H and O–H groups in total. The molecular weight excluding hydrogens is 164 g/mol. The van der Waals surface area contributed by atoms with Gasteiger partial charge in [-0.1, -0.05) is 6.07 Å². The van der Waals surface area contributed by atoms with Crippen molar-refractivity contribution in [3.8, 4) is 0 Å². The summed E-state index contributed by atoms with van der Waals surface area (Å²) in [5.41, 5.74) is 3.02. The van der Waals surface area contributed by atoms with Gasteiger partial charge in [-0.2, -0.15) is 0 Å². The summed E-state index contributed by atoms with van der Waals surface area (Å²) in [6, 6.07) is 3.64. The summed E-state index contributed by atoms with van der Waals surface area (Å²) in [7, 11) is 1.60. The first-order valence-electron chi connectivity index (χ1n) is 3.46. The molecule has 1 aromatic rings. The van der Waals surface area contributed by atoms with E-state index in [0.29, 0.717) is 5.56 Å². The van der Waals surface area contributed by atoms with Crippen LogP contribution in [0.5, 0.6) is 0 Å². The minimum atomic E-state index is -0.854. The zero-order valence-electron chi connectivity index (χ0n) is 6.60. The second-order valence-electron chi connectivity index (χ2n) is 2.24. The van der Waals surface area contributed by atoms with Gasteiger partial charge in [-0.15, -0.1) is 0 Å². The van der Waals surface area contributed by atoms with Gasteiger partial charge in [0.05, 0.1) is 6.61 Å². The molecule has 0 unspecified atom stereocenters. The molecule has 0 saturated heterocycles. The van der Waals surface area contributed by atoms with Gasteiger partial charge in [0.15, 0.2) is 11.6 Å². The molecule has 4 heteroatoms. The van der Waals surface area contributed by atoms with Gasteiger partial charge < -0.3 is 0 Å². The van der Waals surface area contributed by atoms with Gasteiger partial charge >= 0.3 is 0 Å². The van der Waals surface area contributed by atoms with Gasteiger partial charge in [-0.25, -0.2) is 14.3 Å². The fourth-order valence-corrected chi connectivity index (χ4v) is 0.785. The topological polar surface area (TPSA) is 21.3 Å². The maximum absolute atomic E-state index is 12.6. The Hall–Kier alpha value is -1.00. The SMILES string of the molecule is CNOCc1ccc(F)c(F)c1. The molecule has 0 saturated carbocycles. The largest absolute Gasteiger partial charge is 0.297 e. The van der Waals surface area contributed by atoms with Crippen LogP contribution in [0.4, 0.5) is 8.78 Å². The minimum Gasteiger partial charge on any atom is -0.297 e. The molecule has 0 amide bonds. The van der Waals surface area contributed by atoms with Crippen LogP contribution in [0.15, 0.2) is 18.2 Å². The van der Waals surface area contributed by atoms with Crippen LogP contribution < -0.4 is 5.48 Å². The van der Waals surface area contributed by atoms with Crippen molar-refractivity contribution in [3.63, 3.8) is 0 Å². The number of hydrogen-bond donors (Lipinski definition) is 1. The molecule has 0 aliphatic carbocycles. The summed E-state index contributed by atoms with van der Waals surface area (Å²) in [6.45, 7) is 0.216. The van der Waals surface area contributed by atoms with Crippen LogP contribution in [0, 0.1) is 11.6 Å². The van der Waals surface area contributed by atoms with Crippen molar-refractivity contribution in [1.82, 2.24) is 5.48 Å². The lowest BCUT2D eigenvalue weighted by Crippen LogP contribution is -2.06. The first-order valence-corrected chi connectivity index (χ1v) is 3.46. The highest BCUT2D eigenvalue weighted by atomic mass is 19.2. The fourth-order valence-electron chi connectivity index (χ4n) is 0.785. The summed E-state index contributed by atoms with van der Waals surface area (Å²) in [5, 5.41) is 0. The number of halogens is 2. The lowest BCUT2D eigenvalue weighted by Gasteiger charge is -2.01. The quantitative estimate of drug-likeness (QED) is 0.701. The Balaban J connectivity index is 2.69. The molecule has 0 aromatic heterocycles. The molecule has 0 heterocycles. The number of hydrogen-bond acceptors (Lipinski definition) is 2. The zero-order chi connectivity index (χ0) is 8.97. The molecule has 2 nitrogen and oxygen atoms in total. The molecule has 0 radical (unpaired) electrons. The van der Waals surface area contributed by atoms with E-state index in [2.05, 4.69) is 5.48 Å². The molecule has 0 fully saturated rings. The van der Waals surface area contributed by atoms with E-state index in [0.717, 1.165) is 12.1 Å². The Labute approximate surface area is 69.1 Å². The van der Waals surface area contributed by atoms with E-state index in [1.54, 1.807) is 7.05 Å². The van der Waals surface area contributed by atoms with Crippen molar-refractivity contribution in [2.24, 2.45) is 0 Å². The Kier molecular flexibility index (Phi) is 3.13. The van der Waals surface area contributed by atoms with Crippen LogP contribution in [-0.4, -0.2) is 7.05 Å². The summed E-state index contributed by atoms with van der Waals surface area (Å²) < 4.78 is 24.9. The van der Waals surface area contributed by atoms with E-state index in [1.807, 2.05) is 0 Å². The van der Waals surface area contributed by atoms with Gasteiger partial charge in [0, 0.05) is 7.05 Å². The lowest BCUT2D eigenvalue weighted by molar-refractivity contribution is 0.0442. The van der Waals surface area contributed by atoms with E-state index in [9.17, 15) is 8.78 Å². The molecule has 0 spiro atoms. The number of rotatable bonds is 3. The lowest BCUT2D eigenvalue weighted by atomic mass is 10.2. The predicted octanol–water partition coefficient (Wildman–Crippen LogP) is 1.62. The highest BCUT2D eigenvalue weighted by molar-refractivity contribution is 5.16. The van der Waals surface area contributed by atoms with Crippen LogP contribution in [0.25, 0.3) is 0 Å². The van der Waals surface area contributed by atoms with Gasteiger partial charge in [0.1, 0.15) is 0 Å². The van der Waals surface area contributed by atoms with Gasteiger partial charge in [-0.3, -0.25) is 4.84 Å². The Bertz CT molecular complexity index is 265. The third-order valence-corrected chi connectivity index (χ3v) is 1.37. The van der Waals surface area contributed by atoms with E-state index >= 15 is 0 Å². The third kappa shape index (κ3) is 2.25. The van der Waals surface area contributed by atoms with E-state index in [4.69, 9.17) is 4.84 Å². The second-order valence-corrected chi connectivity index (χ2v) is 2.24. The average Bonchev–Trinajstić information content (AvgIpc) is 2.07. The Morgan fingerprint density at radius 3 is 2.67 bits per heavy atom. The zero-order valence-corrected chi connectivity index (χ0v) is 6.60. The normalized spacial score (nSPS) is 10.2. The average molecular weight is 173 g/mol. The molecule has 0 atom stereocenters. The molecular formula is C8H9F2NO. The fraction of sp³-hybridized carbons (Fsp3) is 0.250. The standard InChI is InChI=1S/C8H9F2NO/c1-11-12-5-6-2-3-7(9)8(10)4-6/h2-4,11H,5H2,1H3. The second kappa shape index (κ2) is 4.13. The number of benzene rings is 1. The van der Waals surface area contributed by atoms with Gasteiger partial charge in [-0.05, 0) is 17.7 Å². The van der Waals surface area contributed by atoms with Crippen LogP contribution in [0.2, 0.25) is 0 Å². The maximum Gasteiger partial charge on any atom is 0.159 e. The van der Waals surface area contributed by atoms with Crippen molar-refractivity contribution in [2.75, 3.05) is 7.05 Å². The van der Waals surface area contributed by atoms with Crippen LogP contribution >= 0.6 is 0 Å². The monoisotopic (exact) mass is 173 g/mol. The Morgan fingerprint density at radius 1 is 1.33 bits per heavy atom. The van der Waals surface area contributed by atoms with Crippen LogP contribution in [0.3, 0.4) is 0 Å². The molecule has 12 heavy (non-hydrogen) atoms.